The molecule has 6 nitrogen and oxygen atoms in total. The SMILES string of the molecule is Cc1cccc(NC(=O)/C(C#N)=C/c2cc(Cl)c(OS(=O)(=O)c3ccc(Cl)cc3)c(Cl)c2)c1. The van der Waals surface area contributed by atoms with Crippen molar-refractivity contribution >= 4 is 62.6 Å². The molecule has 1 amide bonds. The summed E-state index contributed by atoms with van der Waals surface area (Å²) in [6.45, 7) is 1.87. The van der Waals surface area contributed by atoms with E-state index in [1.165, 1.54) is 42.5 Å². The molecule has 0 heterocycles. The second-order valence-electron chi connectivity index (χ2n) is 6.80. The molecule has 1 N–H and O–H groups in total. The Balaban J connectivity index is 1.86. The number of hydrogen-bond acceptors (Lipinski definition) is 5. The first-order valence-electron chi connectivity index (χ1n) is 9.28. The minimum atomic E-state index is -4.23. The molecule has 33 heavy (non-hydrogen) atoms. The molecule has 0 aliphatic heterocycles. The van der Waals surface area contributed by atoms with Gasteiger partial charge in [0.2, 0.25) is 0 Å². The molecule has 3 rings (SSSR count). The number of anilines is 1. The van der Waals surface area contributed by atoms with Gasteiger partial charge in [0, 0.05) is 10.7 Å². The molecule has 0 bridgehead atoms. The van der Waals surface area contributed by atoms with E-state index in [-0.39, 0.29) is 26.3 Å². The predicted octanol–water partition coefficient (Wildman–Crippen LogP) is 6.27. The number of hydrogen-bond donors (Lipinski definition) is 1. The minimum absolute atomic E-state index is 0.123. The van der Waals surface area contributed by atoms with Crippen molar-refractivity contribution in [3.63, 3.8) is 0 Å². The normalized spacial score (nSPS) is 11.5. The number of amides is 1. The van der Waals surface area contributed by atoms with E-state index >= 15 is 0 Å². The monoisotopic (exact) mass is 520 g/mol. The highest BCUT2D eigenvalue weighted by Crippen LogP contribution is 2.37. The highest BCUT2D eigenvalue weighted by Gasteiger charge is 2.21. The van der Waals surface area contributed by atoms with Gasteiger partial charge in [-0.2, -0.15) is 13.7 Å². The van der Waals surface area contributed by atoms with Crippen LogP contribution < -0.4 is 9.50 Å². The maximum absolute atomic E-state index is 12.5. The first kappa shape index (κ1) is 24.6. The molecule has 0 aliphatic carbocycles. The average Bonchev–Trinajstić information content (AvgIpc) is 2.75. The van der Waals surface area contributed by atoms with Gasteiger partial charge in [-0.05, 0) is 72.7 Å². The van der Waals surface area contributed by atoms with E-state index in [2.05, 4.69) is 5.32 Å². The van der Waals surface area contributed by atoms with Gasteiger partial charge in [0.05, 0.1) is 10.0 Å². The number of carbonyl (C=O) groups excluding carboxylic acids is 1. The van der Waals surface area contributed by atoms with Crippen molar-refractivity contribution in [1.29, 1.82) is 5.26 Å². The lowest BCUT2D eigenvalue weighted by molar-refractivity contribution is -0.112. The van der Waals surface area contributed by atoms with Gasteiger partial charge in [-0.3, -0.25) is 4.79 Å². The van der Waals surface area contributed by atoms with Crippen LogP contribution in [0.3, 0.4) is 0 Å². The molecule has 0 saturated carbocycles. The molecular formula is C23H15Cl3N2O4S. The Morgan fingerprint density at radius 2 is 1.67 bits per heavy atom. The van der Waals surface area contributed by atoms with Gasteiger partial charge in [0.25, 0.3) is 5.91 Å². The van der Waals surface area contributed by atoms with Crippen LogP contribution in [0.4, 0.5) is 5.69 Å². The van der Waals surface area contributed by atoms with Crippen molar-refractivity contribution in [2.45, 2.75) is 11.8 Å². The Morgan fingerprint density at radius 3 is 2.24 bits per heavy atom. The van der Waals surface area contributed by atoms with Crippen LogP contribution in [0.15, 0.2) is 71.1 Å². The second kappa shape index (κ2) is 10.3. The number of nitrogens with one attached hydrogen (secondary N) is 1. The summed E-state index contributed by atoms with van der Waals surface area (Å²) in [5, 5.41) is 12.2. The zero-order valence-electron chi connectivity index (χ0n) is 17.0. The number of nitrogens with zero attached hydrogens (tertiary/aromatic N) is 1. The van der Waals surface area contributed by atoms with Crippen molar-refractivity contribution in [3.05, 3.63) is 92.4 Å². The van der Waals surface area contributed by atoms with E-state index < -0.39 is 16.0 Å². The molecular weight excluding hydrogens is 507 g/mol. The Hall–Kier alpha value is -3.02. The smallest absolute Gasteiger partial charge is 0.339 e. The fraction of sp³-hybridized carbons (Fsp3) is 0.0435. The molecule has 0 spiro atoms. The third-order valence-corrected chi connectivity index (χ3v) is 6.32. The highest BCUT2D eigenvalue weighted by molar-refractivity contribution is 7.87. The molecule has 0 atom stereocenters. The van der Waals surface area contributed by atoms with E-state index in [1.54, 1.807) is 18.2 Å². The Kier molecular flexibility index (Phi) is 7.67. The number of rotatable bonds is 6. The van der Waals surface area contributed by atoms with E-state index in [0.29, 0.717) is 16.3 Å². The van der Waals surface area contributed by atoms with Gasteiger partial charge < -0.3 is 9.50 Å². The maximum Gasteiger partial charge on any atom is 0.339 e. The third-order valence-electron chi connectivity index (χ3n) is 4.27. The van der Waals surface area contributed by atoms with Crippen molar-refractivity contribution < 1.29 is 17.4 Å². The molecule has 3 aromatic carbocycles. The lowest BCUT2D eigenvalue weighted by atomic mass is 10.1. The number of aryl methyl sites for hydroxylation is 1. The molecule has 0 aromatic heterocycles. The summed E-state index contributed by atoms with van der Waals surface area (Å²) < 4.78 is 30.2. The summed E-state index contributed by atoms with van der Waals surface area (Å²) in [5.41, 5.74) is 1.58. The van der Waals surface area contributed by atoms with E-state index in [9.17, 15) is 18.5 Å². The molecule has 0 fully saturated rings. The molecule has 168 valence electrons. The quantitative estimate of drug-likeness (QED) is 0.234. The second-order valence-corrected chi connectivity index (χ2v) is 9.60. The molecule has 0 radical (unpaired) electrons. The van der Waals surface area contributed by atoms with Crippen LogP contribution in [-0.2, 0) is 14.9 Å². The summed E-state index contributed by atoms with van der Waals surface area (Å²) in [6.07, 6.45) is 1.28. The van der Waals surface area contributed by atoms with Crippen LogP contribution in [0.1, 0.15) is 11.1 Å². The first-order chi connectivity index (χ1) is 15.6. The first-order valence-corrected chi connectivity index (χ1v) is 11.8. The van der Waals surface area contributed by atoms with Gasteiger partial charge in [-0.25, -0.2) is 0 Å². The van der Waals surface area contributed by atoms with E-state index in [0.717, 1.165) is 5.56 Å². The van der Waals surface area contributed by atoms with Crippen LogP contribution in [0.25, 0.3) is 6.08 Å². The number of nitriles is 1. The van der Waals surface area contributed by atoms with Crippen LogP contribution in [0.5, 0.6) is 5.75 Å². The number of halogens is 3. The summed E-state index contributed by atoms with van der Waals surface area (Å²) in [7, 11) is -4.23. The predicted molar refractivity (Wildman–Crippen MR) is 129 cm³/mol. The average molecular weight is 522 g/mol. The third kappa shape index (κ3) is 6.28. The number of benzene rings is 3. The molecule has 0 saturated heterocycles. The van der Waals surface area contributed by atoms with Gasteiger partial charge in [-0.1, -0.05) is 46.9 Å². The fourth-order valence-corrected chi connectivity index (χ4v) is 4.50. The van der Waals surface area contributed by atoms with Crippen LogP contribution in [0, 0.1) is 18.3 Å². The van der Waals surface area contributed by atoms with Crippen LogP contribution in [0.2, 0.25) is 15.1 Å². The zero-order chi connectivity index (χ0) is 24.2. The summed E-state index contributed by atoms with van der Waals surface area (Å²) in [5.74, 6) is -0.908. The van der Waals surface area contributed by atoms with Gasteiger partial charge in [0.1, 0.15) is 16.5 Å². The van der Waals surface area contributed by atoms with Gasteiger partial charge in [-0.15, -0.1) is 0 Å². The van der Waals surface area contributed by atoms with E-state index in [1.807, 2.05) is 19.1 Å². The topological polar surface area (TPSA) is 96.3 Å². The lowest BCUT2D eigenvalue weighted by Gasteiger charge is -2.11. The van der Waals surface area contributed by atoms with Crippen LogP contribution >= 0.6 is 34.8 Å². The lowest BCUT2D eigenvalue weighted by Crippen LogP contribution is -2.13. The molecule has 3 aromatic rings. The van der Waals surface area contributed by atoms with Crippen molar-refractivity contribution in [1.82, 2.24) is 0 Å². The van der Waals surface area contributed by atoms with E-state index in [4.69, 9.17) is 39.0 Å². The van der Waals surface area contributed by atoms with Crippen molar-refractivity contribution in [2.24, 2.45) is 0 Å². The van der Waals surface area contributed by atoms with Crippen molar-refractivity contribution in [3.8, 4) is 11.8 Å². The fourth-order valence-electron chi connectivity index (χ4n) is 2.74. The number of carbonyl (C=O) groups is 1. The summed E-state index contributed by atoms with van der Waals surface area (Å²) >= 11 is 18.2. The molecule has 10 heteroatoms. The molecule has 0 unspecified atom stereocenters. The Bertz CT molecular complexity index is 1370. The van der Waals surface area contributed by atoms with Crippen molar-refractivity contribution in [2.75, 3.05) is 5.32 Å². The molecule has 0 aliphatic rings. The standard InChI is InChI=1S/C23H15Cl3N2O4S/c1-14-3-2-4-18(9-14)28-23(29)16(13-27)10-15-11-20(25)22(21(26)12-15)32-33(30,31)19-7-5-17(24)6-8-19/h2-12H,1H3,(H,28,29)/b16-10+. The minimum Gasteiger partial charge on any atom is -0.376 e. The zero-order valence-corrected chi connectivity index (χ0v) is 20.1. The maximum atomic E-state index is 12.5. The summed E-state index contributed by atoms with van der Waals surface area (Å²) in [6, 6.07) is 17.0. The Labute approximate surface area is 206 Å². The van der Waals surface area contributed by atoms with Gasteiger partial charge >= 0.3 is 10.1 Å². The largest absolute Gasteiger partial charge is 0.376 e. The van der Waals surface area contributed by atoms with Crippen LogP contribution in [-0.4, -0.2) is 14.3 Å². The Morgan fingerprint density at radius 1 is 1.03 bits per heavy atom. The van der Waals surface area contributed by atoms with Gasteiger partial charge in [0.15, 0.2) is 5.75 Å². The summed E-state index contributed by atoms with van der Waals surface area (Å²) in [4.78, 5) is 12.3. The highest BCUT2D eigenvalue weighted by atomic mass is 35.5.